The van der Waals surface area contributed by atoms with Gasteiger partial charge in [-0.1, -0.05) is 6.92 Å². The molecule has 1 aliphatic carbocycles. The average molecular weight is 254 g/mol. The third-order valence-corrected chi connectivity index (χ3v) is 3.80. The van der Waals surface area contributed by atoms with Crippen LogP contribution in [0.4, 0.5) is 0 Å². The van der Waals surface area contributed by atoms with Crippen molar-refractivity contribution in [2.75, 3.05) is 7.11 Å². The van der Waals surface area contributed by atoms with Gasteiger partial charge in [0, 0.05) is 18.8 Å². The van der Waals surface area contributed by atoms with Crippen LogP contribution in [0.5, 0.6) is 0 Å². The number of fused-ring (bicyclic) bond motifs is 1. The summed E-state index contributed by atoms with van der Waals surface area (Å²) in [5.41, 5.74) is 0.551. The predicted molar refractivity (Wildman–Crippen MR) is 62.1 cm³/mol. The van der Waals surface area contributed by atoms with Crippen molar-refractivity contribution in [2.24, 2.45) is 17.8 Å². The lowest BCUT2D eigenvalue weighted by Crippen LogP contribution is -2.38. The predicted octanol–water partition coefficient (Wildman–Crippen LogP) is 1.62. The van der Waals surface area contributed by atoms with E-state index in [2.05, 4.69) is 6.92 Å². The van der Waals surface area contributed by atoms with Crippen molar-refractivity contribution in [3.8, 4) is 0 Å². The van der Waals surface area contributed by atoms with Gasteiger partial charge in [0.25, 0.3) is 0 Å². The highest BCUT2D eigenvalue weighted by Crippen LogP contribution is 2.46. The average Bonchev–Trinajstić information content (AvgIpc) is 2.71. The van der Waals surface area contributed by atoms with E-state index < -0.39 is 6.29 Å². The summed E-state index contributed by atoms with van der Waals surface area (Å²) in [4.78, 5) is 22.7. The normalized spacial score (nSPS) is 34.1. The van der Waals surface area contributed by atoms with E-state index in [9.17, 15) is 9.59 Å². The van der Waals surface area contributed by atoms with E-state index in [0.29, 0.717) is 11.5 Å². The first kappa shape index (κ1) is 12.9. The van der Waals surface area contributed by atoms with Gasteiger partial charge >= 0.3 is 11.9 Å². The Morgan fingerprint density at radius 2 is 2.11 bits per heavy atom. The lowest BCUT2D eigenvalue weighted by atomic mass is 9.83. The molecule has 0 spiro atoms. The molecule has 100 valence electrons. The molecule has 5 heteroatoms. The Kier molecular flexibility index (Phi) is 3.59. The highest BCUT2D eigenvalue weighted by Gasteiger charge is 2.47. The number of methoxy groups -OCH3 is 1. The third kappa shape index (κ3) is 2.21. The van der Waals surface area contributed by atoms with Crippen molar-refractivity contribution in [2.45, 2.75) is 33.0 Å². The summed E-state index contributed by atoms with van der Waals surface area (Å²) in [6.45, 7) is 3.45. The minimum atomic E-state index is -0.585. The van der Waals surface area contributed by atoms with Gasteiger partial charge in [0.1, 0.15) is 0 Å². The second-order valence-electron chi connectivity index (χ2n) is 4.92. The molecule has 0 N–H and O–H groups in total. The van der Waals surface area contributed by atoms with Gasteiger partial charge in [0.15, 0.2) is 0 Å². The van der Waals surface area contributed by atoms with Gasteiger partial charge < -0.3 is 14.2 Å². The van der Waals surface area contributed by atoms with Crippen molar-refractivity contribution in [3.05, 3.63) is 11.8 Å². The molecule has 5 nitrogen and oxygen atoms in total. The summed E-state index contributed by atoms with van der Waals surface area (Å²) in [5.74, 6) is -0.278. The van der Waals surface area contributed by atoms with Crippen LogP contribution in [0.2, 0.25) is 0 Å². The van der Waals surface area contributed by atoms with E-state index in [4.69, 9.17) is 14.2 Å². The van der Waals surface area contributed by atoms with Crippen molar-refractivity contribution < 1.29 is 23.8 Å². The number of ether oxygens (including phenoxy) is 3. The van der Waals surface area contributed by atoms with Gasteiger partial charge in [-0.3, -0.25) is 4.79 Å². The maximum Gasteiger partial charge on any atom is 0.337 e. The van der Waals surface area contributed by atoms with Gasteiger partial charge in [-0.25, -0.2) is 4.79 Å². The van der Waals surface area contributed by atoms with Gasteiger partial charge in [0.2, 0.25) is 6.29 Å². The Balaban J connectivity index is 2.23. The van der Waals surface area contributed by atoms with Crippen molar-refractivity contribution >= 4 is 11.9 Å². The Labute approximate surface area is 106 Å². The fraction of sp³-hybridized carbons (Fsp3) is 0.692. The molecule has 1 aliphatic heterocycles. The highest BCUT2D eigenvalue weighted by atomic mass is 16.7. The van der Waals surface area contributed by atoms with Gasteiger partial charge in [-0.2, -0.15) is 0 Å². The topological polar surface area (TPSA) is 61.8 Å². The highest BCUT2D eigenvalue weighted by molar-refractivity contribution is 5.89. The molecule has 4 atom stereocenters. The van der Waals surface area contributed by atoms with E-state index in [-0.39, 0.29) is 23.8 Å². The Hall–Kier alpha value is -1.52. The van der Waals surface area contributed by atoms with E-state index >= 15 is 0 Å². The SMILES string of the molecule is COC(=O)C1=CO[C@@H](OC(C)=O)[C@@H]2[C@H](C)CC[C@H]12. The molecule has 0 aromatic carbocycles. The second-order valence-corrected chi connectivity index (χ2v) is 4.92. The molecule has 0 radical (unpaired) electrons. The quantitative estimate of drug-likeness (QED) is 0.701. The number of hydrogen-bond acceptors (Lipinski definition) is 5. The van der Waals surface area contributed by atoms with E-state index in [1.54, 1.807) is 0 Å². The second kappa shape index (κ2) is 5.00. The summed E-state index contributed by atoms with van der Waals surface area (Å²) in [5, 5.41) is 0. The molecule has 0 saturated heterocycles. The molecule has 1 saturated carbocycles. The lowest BCUT2D eigenvalue weighted by molar-refractivity contribution is -0.185. The van der Waals surface area contributed by atoms with E-state index in [1.165, 1.54) is 20.3 Å². The first-order chi connectivity index (χ1) is 8.54. The summed E-state index contributed by atoms with van der Waals surface area (Å²) in [7, 11) is 1.36. The number of carbonyl (C=O) groups excluding carboxylic acids is 2. The minimum Gasteiger partial charge on any atom is -0.466 e. The van der Waals surface area contributed by atoms with E-state index in [0.717, 1.165) is 12.8 Å². The van der Waals surface area contributed by atoms with Crippen LogP contribution < -0.4 is 0 Å². The molecule has 18 heavy (non-hydrogen) atoms. The lowest BCUT2D eigenvalue weighted by Gasteiger charge is -2.34. The van der Waals surface area contributed by atoms with E-state index in [1.807, 2.05) is 0 Å². The molecule has 0 unspecified atom stereocenters. The third-order valence-electron chi connectivity index (χ3n) is 3.80. The van der Waals surface area contributed by atoms with Crippen molar-refractivity contribution in [1.82, 2.24) is 0 Å². The number of carbonyl (C=O) groups is 2. The smallest absolute Gasteiger partial charge is 0.337 e. The Morgan fingerprint density at radius 3 is 2.72 bits per heavy atom. The molecule has 0 bridgehead atoms. The molecule has 0 amide bonds. The van der Waals surface area contributed by atoms with Crippen molar-refractivity contribution in [1.29, 1.82) is 0 Å². The molecule has 2 rings (SSSR count). The van der Waals surface area contributed by atoms with Crippen LogP contribution in [0.25, 0.3) is 0 Å². The summed E-state index contributed by atoms with van der Waals surface area (Å²) in [6, 6.07) is 0. The number of esters is 2. The zero-order valence-electron chi connectivity index (χ0n) is 10.8. The monoisotopic (exact) mass is 254 g/mol. The zero-order valence-corrected chi connectivity index (χ0v) is 10.8. The number of rotatable bonds is 2. The Bertz CT molecular complexity index is 387. The largest absolute Gasteiger partial charge is 0.466 e. The molecular formula is C13H18O5. The summed E-state index contributed by atoms with van der Waals surface area (Å²) in [6.07, 6.45) is 2.69. The summed E-state index contributed by atoms with van der Waals surface area (Å²) >= 11 is 0. The van der Waals surface area contributed by atoms with Crippen LogP contribution in [-0.2, 0) is 23.8 Å². The van der Waals surface area contributed by atoms with Crippen LogP contribution in [0.1, 0.15) is 26.7 Å². The van der Waals surface area contributed by atoms with Gasteiger partial charge in [-0.05, 0) is 18.8 Å². The van der Waals surface area contributed by atoms with Crippen LogP contribution in [-0.4, -0.2) is 25.3 Å². The molecule has 1 heterocycles. The van der Waals surface area contributed by atoms with Gasteiger partial charge in [0.05, 0.1) is 18.9 Å². The molecular weight excluding hydrogens is 236 g/mol. The van der Waals surface area contributed by atoms with Crippen LogP contribution >= 0.6 is 0 Å². The first-order valence-corrected chi connectivity index (χ1v) is 6.15. The molecule has 2 aliphatic rings. The molecule has 0 aromatic heterocycles. The van der Waals surface area contributed by atoms with Crippen LogP contribution in [0.3, 0.4) is 0 Å². The first-order valence-electron chi connectivity index (χ1n) is 6.15. The molecule has 1 fully saturated rings. The van der Waals surface area contributed by atoms with Crippen molar-refractivity contribution in [3.63, 3.8) is 0 Å². The fourth-order valence-electron chi connectivity index (χ4n) is 2.95. The van der Waals surface area contributed by atoms with Crippen LogP contribution in [0.15, 0.2) is 11.8 Å². The van der Waals surface area contributed by atoms with Crippen LogP contribution in [0, 0.1) is 17.8 Å². The summed E-state index contributed by atoms with van der Waals surface area (Å²) < 4.78 is 15.3. The maximum atomic E-state index is 11.7. The maximum absolute atomic E-state index is 11.7. The van der Waals surface area contributed by atoms with Gasteiger partial charge in [-0.15, -0.1) is 0 Å². The molecule has 0 aromatic rings. The minimum absolute atomic E-state index is 0.0352. The Morgan fingerprint density at radius 1 is 1.39 bits per heavy atom. The zero-order chi connectivity index (χ0) is 13.3. The number of hydrogen-bond donors (Lipinski definition) is 0. The standard InChI is InChI=1S/C13H18O5/c1-7-4-5-9-10(12(15)16-3)6-17-13(11(7)9)18-8(2)14/h6-7,9,11,13H,4-5H2,1-3H3/t7-,9-,11-,13+/m1/s1. The fourth-order valence-corrected chi connectivity index (χ4v) is 2.95.